The van der Waals surface area contributed by atoms with E-state index in [9.17, 15) is 0 Å². The van der Waals surface area contributed by atoms with Crippen molar-refractivity contribution in [3.63, 3.8) is 0 Å². The van der Waals surface area contributed by atoms with Crippen LogP contribution in [0.2, 0.25) is 0 Å². The Morgan fingerprint density at radius 3 is 2.79 bits per heavy atom. The van der Waals surface area contributed by atoms with E-state index in [0.717, 1.165) is 38.1 Å². The molecule has 0 aliphatic heterocycles. The summed E-state index contributed by atoms with van der Waals surface area (Å²) in [6.45, 7) is 3.10. The van der Waals surface area contributed by atoms with E-state index >= 15 is 0 Å². The third kappa shape index (κ3) is 2.98. The number of aromatic nitrogens is 3. The molecule has 108 valence electrons. The summed E-state index contributed by atoms with van der Waals surface area (Å²) in [5.41, 5.74) is -0.0300. The molecule has 5 nitrogen and oxygen atoms in total. The minimum atomic E-state index is -0.0300. The number of hydrogen-bond acceptors (Lipinski definition) is 4. The fourth-order valence-electron chi connectivity index (χ4n) is 3.25. The SMILES string of the molecule is CCCn1ncnc1CC(NC)C1(OC)CCCC1. The van der Waals surface area contributed by atoms with Crippen molar-refractivity contribution in [2.24, 2.45) is 0 Å². The molecule has 0 spiro atoms. The molecular formula is C14H26N4O. The Morgan fingerprint density at radius 2 is 2.21 bits per heavy atom. The molecule has 1 aliphatic rings. The van der Waals surface area contributed by atoms with Gasteiger partial charge < -0.3 is 10.1 Å². The predicted octanol–water partition coefficient (Wildman–Crippen LogP) is 1.78. The van der Waals surface area contributed by atoms with Crippen molar-refractivity contribution in [1.82, 2.24) is 20.1 Å². The Kier molecular flexibility index (Phi) is 4.93. The van der Waals surface area contributed by atoms with Crippen LogP contribution in [0.25, 0.3) is 0 Å². The van der Waals surface area contributed by atoms with Gasteiger partial charge in [0.1, 0.15) is 12.2 Å². The summed E-state index contributed by atoms with van der Waals surface area (Å²) in [4.78, 5) is 4.42. The molecule has 0 amide bonds. The van der Waals surface area contributed by atoms with Gasteiger partial charge in [0.25, 0.3) is 0 Å². The lowest BCUT2D eigenvalue weighted by Crippen LogP contribution is -2.50. The second-order valence-electron chi connectivity index (χ2n) is 5.42. The first-order valence-electron chi connectivity index (χ1n) is 7.35. The number of aryl methyl sites for hydroxylation is 1. The van der Waals surface area contributed by atoms with Crippen LogP contribution in [0.5, 0.6) is 0 Å². The highest BCUT2D eigenvalue weighted by Crippen LogP contribution is 2.36. The van der Waals surface area contributed by atoms with Crippen molar-refractivity contribution in [2.45, 2.75) is 63.6 Å². The van der Waals surface area contributed by atoms with Gasteiger partial charge in [-0.15, -0.1) is 0 Å². The zero-order chi connectivity index (χ0) is 13.7. The average Bonchev–Trinajstić information content (AvgIpc) is 3.06. The van der Waals surface area contributed by atoms with E-state index in [4.69, 9.17) is 4.74 Å². The predicted molar refractivity (Wildman–Crippen MR) is 75.1 cm³/mol. The highest BCUT2D eigenvalue weighted by atomic mass is 16.5. The Balaban J connectivity index is 2.11. The topological polar surface area (TPSA) is 52.0 Å². The zero-order valence-corrected chi connectivity index (χ0v) is 12.4. The van der Waals surface area contributed by atoms with Crippen LogP contribution in [0.1, 0.15) is 44.9 Å². The van der Waals surface area contributed by atoms with E-state index in [0.29, 0.717) is 6.04 Å². The van der Waals surface area contributed by atoms with E-state index in [1.54, 1.807) is 6.33 Å². The molecule has 1 aliphatic carbocycles. The third-order valence-corrected chi connectivity index (χ3v) is 4.36. The molecule has 1 saturated carbocycles. The molecule has 1 unspecified atom stereocenters. The van der Waals surface area contributed by atoms with Crippen LogP contribution in [-0.4, -0.2) is 40.6 Å². The van der Waals surface area contributed by atoms with Crippen LogP contribution in [-0.2, 0) is 17.7 Å². The Hall–Kier alpha value is -0.940. The van der Waals surface area contributed by atoms with Gasteiger partial charge in [0.05, 0.1) is 5.60 Å². The highest BCUT2D eigenvalue weighted by Gasteiger charge is 2.41. The number of likely N-dealkylation sites (N-methyl/N-ethyl adjacent to an activating group) is 1. The van der Waals surface area contributed by atoms with Crippen LogP contribution in [0.4, 0.5) is 0 Å². The number of rotatable bonds is 7. The van der Waals surface area contributed by atoms with Gasteiger partial charge in [-0.2, -0.15) is 5.10 Å². The minimum absolute atomic E-state index is 0.0300. The van der Waals surface area contributed by atoms with Crippen molar-refractivity contribution < 1.29 is 4.74 Å². The average molecular weight is 266 g/mol. The maximum absolute atomic E-state index is 5.88. The molecule has 0 aromatic carbocycles. The molecule has 1 N–H and O–H groups in total. The molecule has 19 heavy (non-hydrogen) atoms. The van der Waals surface area contributed by atoms with Gasteiger partial charge in [0.2, 0.25) is 0 Å². The molecule has 1 fully saturated rings. The molecule has 2 rings (SSSR count). The maximum atomic E-state index is 5.88. The third-order valence-electron chi connectivity index (χ3n) is 4.36. The molecule has 0 radical (unpaired) electrons. The normalized spacial score (nSPS) is 19.7. The first-order valence-corrected chi connectivity index (χ1v) is 7.35. The smallest absolute Gasteiger partial charge is 0.138 e. The van der Waals surface area contributed by atoms with E-state index < -0.39 is 0 Å². The molecule has 1 atom stereocenters. The molecule has 1 aromatic rings. The molecule has 1 aromatic heterocycles. The number of nitrogens with zero attached hydrogens (tertiary/aromatic N) is 3. The number of hydrogen-bond donors (Lipinski definition) is 1. The van der Waals surface area contributed by atoms with Gasteiger partial charge in [-0.1, -0.05) is 19.8 Å². The number of methoxy groups -OCH3 is 1. The fraction of sp³-hybridized carbons (Fsp3) is 0.857. The summed E-state index contributed by atoms with van der Waals surface area (Å²) in [5, 5.41) is 7.74. The van der Waals surface area contributed by atoms with Gasteiger partial charge in [0, 0.05) is 26.1 Å². The summed E-state index contributed by atoms with van der Waals surface area (Å²) in [6, 6.07) is 0.305. The Bertz CT molecular complexity index is 385. The lowest BCUT2D eigenvalue weighted by molar-refractivity contribution is -0.0343. The number of nitrogens with one attached hydrogen (secondary N) is 1. The van der Waals surface area contributed by atoms with Crippen molar-refractivity contribution in [3.8, 4) is 0 Å². The Labute approximate surface area is 115 Å². The van der Waals surface area contributed by atoms with Crippen LogP contribution in [0.3, 0.4) is 0 Å². The first-order chi connectivity index (χ1) is 9.25. The standard InChI is InChI=1S/C14H26N4O/c1-4-9-18-13(16-11-17-18)10-12(15-2)14(19-3)7-5-6-8-14/h11-12,15H,4-10H2,1-3H3. The summed E-state index contributed by atoms with van der Waals surface area (Å²) in [5.74, 6) is 1.06. The van der Waals surface area contributed by atoms with Crippen molar-refractivity contribution in [3.05, 3.63) is 12.2 Å². The lowest BCUT2D eigenvalue weighted by atomic mass is 9.89. The van der Waals surface area contributed by atoms with Gasteiger partial charge in [-0.3, -0.25) is 4.68 Å². The quantitative estimate of drug-likeness (QED) is 0.817. The van der Waals surface area contributed by atoms with E-state index in [1.807, 2.05) is 18.8 Å². The summed E-state index contributed by atoms with van der Waals surface area (Å²) in [7, 11) is 3.86. The second kappa shape index (κ2) is 6.48. The van der Waals surface area contributed by atoms with Crippen molar-refractivity contribution in [2.75, 3.05) is 14.2 Å². The monoisotopic (exact) mass is 266 g/mol. The van der Waals surface area contributed by atoms with Crippen molar-refractivity contribution in [1.29, 1.82) is 0 Å². The van der Waals surface area contributed by atoms with E-state index in [1.165, 1.54) is 12.8 Å². The minimum Gasteiger partial charge on any atom is -0.377 e. The molecule has 1 heterocycles. The van der Waals surface area contributed by atoms with Gasteiger partial charge in [-0.25, -0.2) is 4.98 Å². The first kappa shape index (κ1) is 14.5. The highest BCUT2D eigenvalue weighted by molar-refractivity contribution is 5.02. The van der Waals surface area contributed by atoms with Gasteiger partial charge >= 0.3 is 0 Å². The van der Waals surface area contributed by atoms with Crippen LogP contribution < -0.4 is 5.32 Å². The zero-order valence-electron chi connectivity index (χ0n) is 12.4. The van der Waals surface area contributed by atoms with Crippen LogP contribution in [0.15, 0.2) is 6.33 Å². The summed E-state index contributed by atoms with van der Waals surface area (Å²) in [6.07, 6.45) is 8.40. The van der Waals surface area contributed by atoms with E-state index in [-0.39, 0.29) is 5.60 Å². The maximum Gasteiger partial charge on any atom is 0.138 e. The molecule has 0 saturated heterocycles. The summed E-state index contributed by atoms with van der Waals surface area (Å²) >= 11 is 0. The molecule has 5 heteroatoms. The fourth-order valence-corrected chi connectivity index (χ4v) is 3.25. The second-order valence-corrected chi connectivity index (χ2v) is 5.42. The summed E-state index contributed by atoms with van der Waals surface area (Å²) < 4.78 is 7.90. The van der Waals surface area contributed by atoms with E-state index in [2.05, 4.69) is 22.3 Å². The Morgan fingerprint density at radius 1 is 1.47 bits per heavy atom. The molecule has 0 bridgehead atoms. The van der Waals surface area contributed by atoms with Gasteiger partial charge in [0.15, 0.2) is 0 Å². The molecular weight excluding hydrogens is 240 g/mol. The lowest BCUT2D eigenvalue weighted by Gasteiger charge is -2.36. The number of ether oxygens (including phenoxy) is 1. The van der Waals surface area contributed by atoms with Crippen LogP contribution >= 0.6 is 0 Å². The van der Waals surface area contributed by atoms with Crippen LogP contribution in [0, 0.1) is 0 Å². The van der Waals surface area contributed by atoms with Gasteiger partial charge in [-0.05, 0) is 26.3 Å². The van der Waals surface area contributed by atoms with Crippen molar-refractivity contribution >= 4 is 0 Å². The largest absolute Gasteiger partial charge is 0.377 e.